The third-order valence-electron chi connectivity index (χ3n) is 2.87. The van der Waals surface area contributed by atoms with Crippen LogP contribution in [0.2, 0.25) is 20.1 Å². The molecule has 2 N–H and O–H groups in total. The first-order valence-corrected chi connectivity index (χ1v) is 8.00. The maximum absolute atomic E-state index is 12.2. The summed E-state index contributed by atoms with van der Waals surface area (Å²) in [4.78, 5) is 12.2. The molecular formula is C16H9Cl4N3O. The molecule has 0 unspecified atom stereocenters. The molecule has 0 heterocycles. The van der Waals surface area contributed by atoms with E-state index in [1.807, 2.05) is 0 Å². The Kier molecular flexibility index (Phi) is 6.36. The molecular weight excluding hydrogens is 392 g/mol. The number of nitrogens with one attached hydrogen (secondary N) is 2. The lowest BCUT2D eigenvalue weighted by molar-refractivity contribution is -0.112. The lowest BCUT2D eigenvalue weighted by atomic mass is 10.2. The highest BCUT2D eigenvalue weighted by Gasteiger charge is 2.12. The van der Waals surface area contributed by atoms with E-state index in [0.29, 0.717) is 26.4 Å². The van der Waals surface area contributed by atoms with Crippen molar-refractivity contribution in [2.45, 2.75) is 0 Å². The Morgan fingerprint density at radius 1 is 1.04 bits per heavy atom. The molecule has 2 aromatic carbocycles. The van der Waals surface area contributed by atoms with Gasteiger partial charge in [0.1, 0.15) is 11.6 Å². The first-order chi connectivity index (χ1) is 11.4. The Morgan fingerprint density at radius 2 is 1.79 bits per heavy atom. The zero-order chi connectivity index (χ0) is 17.7. The van der Waals surface area contributed by atoms with E-state index in [9.17, 15) is 4.79 Å². The van der Waals surface area contributed by atoms with Gasteiger partial charge in [0.2, 0.25) is 0 Å². The Bertz CT molecular complexity index is 859. The summed E-state index contributed by atoms with van der Waals surface area (Å²) >= 11 is 23.6. The summed E-state index contributed by atoms with van der Waals surface area (Å²) in [5, 5.41) is 15.7. The van der Waals surface area contributed by atoms with Crippen LogP contribution < -0.4 is 10.6 Å². The minimum atomic E-state index is -0.630. The summed E-state index contributed by atoms with van der Waals surface area (Å²) in [5.74, 6) is -0.630. The molecule has 0 aliphatic rings. The molecule has 122 valence electrons. The second-order valence-corrected chi connectivity index (χ2v) is 6.10. The van der Waals surface area contributed by atoms with E-state index in [4.69, 9.17) is 51.7 Å². The van der Waals surface area contributed by atoms with Gasteiger partial charge in [-0.3, -0.25) is 4.79 Å². The molecule has 0 spiro atoms. The quantitative estimate of drug-likeness (QED) is 0.506. The average Bonchev–Trinajstić information content (AvgIpc) is 2.55. The van der Waals surface area contributed by atoms with Gasteiger partial charge in [-0.15, -0.1) is 0 Å². The third kappa shape index (κ3) is 4.56. The van der Waals surface area contributed by atoms with E-state index >= 15 is 0 Å². The molecule has 2 aromatic rings. The van der Waals surface area contributed by atoms with Crippen molar-refractivity contribution in [3.63, 3.8) is 0 Å². The highest BCUT2D eigenvalue weighted by molar-refractivity contribution is 6.44. The van der Waals surface area contributed by atoms with E-state index in [1.165, 1.54) is 6.20 Å². The van der Waals surface area contributed by atoms with Crippen LogP contribution in [0, 0.1) is 11.3 Å². The molecule has 8 heteroatoms. The van der Waals surface area contributed by atoms with Gasteiger partial charge in [-0.05, 0) is 30.3 Å². The number of nitrogens with zero attached hydrogens (tertiary/aromatic N) is 1. The molecule has 2 rings (SSSR count). The lowest BCUT2D eigenvalue weighted by Gasteiger charge is -2.08. The number of benzene rings is 2. The minimum Gasteiger partial charge on any atom is -0.360 e. The van der Waals surface area contributed by atoms with Crippen molar-refractivity contribution in [2.24, 2.45) is 0 Å². The summed E-state index contributed by atoms with van der Waals surface area (Å²) < 4.78 is 0. The summed E-state index contributed by atoms with van der Waals surface area (Å²) in [6.45, 7) is 0. The van der Waals surface area contributed by atoms with Crippen LogP contribution in [0.5, 0.6) is 0 Å². The van der Waals surface area contributed by atoms with Crippen LogP contribution in [-0.2, 0) is 4.79 Å². The predicted octanol–water partition coefficient (Wildman–Crippen LogP) is 5.76. The molecule has 0 bridgehead atoms. The van der Waals surface area contributed by atoms with Crippen molar-refractivity contribution < 1.29 is 4.79 Å². The molecule has 0 aliphatic heterocycles. The van der Waals surface area contributed by atoms with Gasteiger partial charge in [0, 0.05) is 11.9 Å². The van der Waals surface area contributed by atoms with Crippen LogP contribution in [0.25, 0.3) is 0 Å². The molecule has 0 saturated heterocycles. The third-order valence-corrected chi connectivity index (χ3v) is 4.43. The average molecular weight is 401 g/mol. The Morgan fingerprint density at radius 3 is 2.46 bits per heavy atom. The highest BCUT2D eigenvalue weighted by atomic mass is 35.5. The molecule has 0 atom stereocenters. The van der Waals surface area contributed by atoms with Gasteiger partial charge in [0.05, 0.1) is 25.8 Å². The van der Waals surface area contributed by atoms with Gasteiger partial charge in [-0.2, -0.15) is 5.26 Å². The number of nitriles is 1. The number of amides is 1. The number of carbonyl (C=O) groups excluding carboxylic acids is 1. The predicted molar refractivity (Wildman–Crippen MR) is 98.9 cm³/mol. The van der Waals surface area contributed by atoms with Crippen LogP contribution >= 0.6 is 46.4 Å². The molecule has 0 saturated carbocycles. The normalized spacial score (nSPS) is 10.9. The number of hydrogen-bond donors (Lipinski definition) is 2. The van der Waals surface area contributed by atoms with Gasteiger partial charge < -0.3 is 10.6 Å². The second kappa shape index (κ2) is 8.27. The number of anilines is 2. The molecule has 1 amide bonds. The van der Waals surface area contributed by atoms with Crippen molar-refractivity contribution in [1.29, 1.82) is 5.26 Å². The first kappa shape index (κ1) is 18.4. The number of halogens is 4. The van der Waals surface area contributed by atoms with Crippen LogP contribution in [0.3, 0.4) is 0 Å². The number of carbonyl (C=O) groups is 1. The molecule has 0 aromatic heterocycles. The maximum Gasteiger partial charge on any atom is 0.267 e. The van der Waals surface area contributed by atoms with Crippen molar-refractivity contribution >= 4 is 63.7 Å². The van der Waals surface area contributed by atoms with E-state index < -0.39 is 5.91 Å². The monoisotopic (exact) mass is 399 g/mol. The molecule has 4 nitrogen and oxygen atoms in total. The summed E-state index contributed by atoms with van der Waals surface area (Å²) in [6, 6.07) is 11.4. The zero-order valence-electron chi connectivity index (χ0n) is 11.9. The number of hydrogen-bond acceptors (Lipinski definition) is 3. The molecule has 0 fully saturated rings. The summed E-state index contributed by atoms with van der Waals surface area (Å²) in [7, 11) is 0. The van der Waals surface area contributed by atoms with E-state index in [2.05, 4.69) is 10.6 Å². The fourth-order valence-corrected chi connectivity index (χ4v) is 2.33. The van der Waals surface area contributed by atoms with Crippen molar-refractivity contribution in [1.82, 2.24) is 0 Å². The fourth-order valence-electron chi connectivity index (χ4n) is 1.68. The Balaban J connectivity index is 2.15. The Hall–Kier alpha value is -1.90. The highest BCUT2D eigenvalue weighted by Crippen LogP contribution is 2.30. The van der Waals surface area contributed by atoms with Crippen molar-refractivity contribution in [2.75, 3.05) is 10.6 Å². The Labute approximate surface area is 158 Å². The van der Waals surface area contributed by atoms with Crippen molar-refractivity contribution in [3.05, 3.63) is 68.3 Å². The van der Waals surface area contributed by atoms with E-state index in [1.54, 1.807) is 42.5 Å². The smallest absolute Gasteiger partial charge is 0.267 e. The SMILES string of the molecule is N#C/C(=C/Nc1ccc(Cl)c(Cl)c1)C(=O)Nc1cccc(Cl)c1Cl. The zero-order valence-corrected chi connectivity index (χ0v) is 14.9. The maximum atomic E-state index is 12.2. The van der Waals surface area contributed by atoms with Gasteiger partial charge in [0.25, 0.3) is 5.91 Å². The molecule has 24 heavy (non-hydrogen) atoms. The summed E-state index contributed by atoms with van der Waals surface area (Å²) in [6.07, 6.45) is 1.26. The minimum absolute atomic E-state index is 0.155. The molecule has 0 radical (unpaired) electrons. The molecule has 0 aliphatic carbocycles. The fraction of sp³-hybridized carbons (Fsp3) is 0. The van der Waals surface area contributed by atoms with Crippen LogP contribution in [0.15, 0.2) is 48.2 Å². The standard InChI is InChI=1S/C16H9Cl4N3O/c17-11-5-4-10(6-13(11)19)22-8-9(7-21)16(24)23-14-3-1-2-12(18)15(14)20/h1-6,8,22H,(H,23,24)/b9-8-. The van der Waals surface area contributed by atoms with Crippen LogP contribution in [0.1, 0.15) is 0 Å². The van der Waals surface area contributed by atoms with Gasteiger partial charge in [-0.1, -0.05) is 52.5 Å². The van der Waals surface area contributed by atoms with Gasteiger partial charge in [0.15, 0.2) is 0 Å². The second-order valence-electron chi connectivity index (χ2n) is 4.50. The number of rotatable bonds is 4. The van der Waals surface area contributed by atoms with Crippen molar-refractivity contribution in [3.8, 4) is 6.07 Å². The van der Waals surface area contributed by atoms with Crippen LogP contribution in [-0.4, -0.2) is 5.91 Å². The van der Waals surface area contributed by atoms with E-state index in [-0.39, 0.29) is 10.6 Å². The lowest BCUT2D eigenvalue weighted by Crippen LogP contribution is -2.14. The van der Waals surface area contributed by atoms with Crippen LogP contribution in [0.4, 0.5) is 11.4 Å². The van der Waals surface area contributed by atoms with Gasteiger partial charge >= 0.3 is 0 Å². The largest absolute Gasteiger partial charge is 0.360 e. The first-order valence-electron chi connectivity index (χ1n) is 6.49. The van der Waals surface area contributed by atoms with E-state index in [0.717, 1.165) is 0 Å². The topological polar surface area (TPSA) is 64.9 Å². The summed E-state index contributed by atoms with van der Waals surface area (Å²) in [5.41, 5.74) is 0.729. The van der Waals surface area contributed by atoms with Gasteiger partial charge in [-0.25, -0.2) is 0 Å².